The molecule has 1 amide bonds. The van der Waals surface area contributed by atoms with Crippen LogP contribution in [0.2, 0.25) is 0 Å². The fraction of sp³-hybridized carbons (Fsp3) is 0.375. The van der Waals surface area contributed by atoms with Crippen LogP contribution in [0.1, 0.15) is 10.4 Å². The molecule has 0 unspecified atom stereocenters. The van der Waals surface area contributed by atoms with Crippen molar-refractivity contribution in [3.05, 3.63) is 46.5 Å². The summed E-state index contributed by atoms with van der Waals surface area (Å²) in [5.74, 6) is -0.446. The first-order chi connectivity index (χ1) is 10.6. The molecule has 6 heteroatoms. The Morgan fingerprint density at radius 2 is 1.59 bits per heavy atom. The fourth-order valence-corrected chi connectivity index (χ4v) is 1.96. The number of hydrogen-bond acceptors (Lipinski definition) is 4. The molecule has 0 aliphatic carbocycles. The van der Waals surface area contributed by atoms with E-state index in [1.807, 2.05) is 0 Å². The van der Waals surface area contributed by atoms with E-state index in [0.717, 1.165) is 4.47 Å². The molecule has 1 aromatic rings. The smallest absolute Gasteiger partial charge is 0.246 e. The normalized spacial score (nSPS) is 10.9. The molecule has 0 heterocycles. The number of amides is 1. The van der Waals surface area contributed by atoms with E-state index in [4.69, 9.17) is 9.47 Å². The van der Waals surface area contributed by atoms with Gasteiger partial charge in [0.05, 0.1) is 13.2 Å². The summed E-state index contributed by atoms with van der Waals surface area (Å²) in [4.78, 5) is 25.7. The van der Waals surface area contributed by atoms with E-state index in [9.17, 15) is 9.59 Å². The number of nitrogens with zero attached hydrogens (tertiary/aromatic N) is 1. The van der Waals surface area contributed by atoms with Crippen molar-refractivity contribution in [1.29, 1.82) is 0 Å². The summed E-state index contributed by atoms with van der Waals surface area (Å²) in [6.07, 6.45) is 2.58. The highest BCUT2D eigenvalue weighted by molar-refractivity contribution is 9.10. The summed E-state index contributed by atoms with van der Waals surface area (Å²) in [6.45, 7) is 1.78. The molecule has 0 aliphatic rings. The van der Waals surface area contributed by atoms with E-state index in [1.54, 1.807) is 43.4 Å². The molecule has 0 saturated carbocycles. The first-order valence-corrected chi connectivity index (χ1v) is 7.62. The van der Waals surface area contributed by atoms with Gasteiger partial charge in [-0.15, -0.1) is 0 Å². The van der Waals surface area contributed by atoms with Crippen LogP contribution < -0.4 is 0 Å². The van der Waals surface area contributed by atoms with Crippen LogP contribution in [0.4, 0.5) is 0 Å². The van der Waals surface area contributed by atoms with Gasteiger partial charge in [-0.3, -0.25) is 9.59 Å². The Bertz CT molecular complexity index is 505. The number of benzene rings is 1. The molecule has 0 atom stereocenters. The highest BCUT2D eigenvalue weighted by atomic mass is 79.9. The number of rotatable bonds is 9. The van der Waals surface area contributed by atoms with Gasteiger partial charge in [0.1, 0.15) is 0 Å². The largest absolute Gasteiger partial charge is 0.383 e. The summed E-state index contributed by atoms with van der Waals surface area (Å²) < 4.78 is 10.9. The van der Waals surface area contributed by atoms with Crippen molar-refractivity contribution in [2.45, 2.75) is 0 Å². The van der Waals surface area contributed by atoms with Gasteiger partial charge in [0.15, 0.2) is 5.78 Å². The van der Waals surface area contributed by atoms with Crippen LogP contribution in [-0.2, 0) is 14.3 Å². The molecule has 0 aromatic heterocycles. The van der Waals surface area contributed by atoms with Crippen LogP contribution in [0.5, 0.6) is 0 Å². The van der Waals surface area contributed by atoms with Crippen molar-refractivity contribution in [2.75, 3.05) is 40.5 Å². The molecule has 0 N–H and O–H groups in total. The van der Waals surface area contributed by atoms with Crippen LogP contribution in [0.15, 0.2) is 40.9 Å². The summed E-state index contributed by atoms with van der Waals surface area (Å²) in [5.41, 5.74) is 0.535. The molecule has 0 radical (unpaired) electrons. The van der Waals surface area contributed by atoms with Crippen molar-refractivity contribution in [1.82, 2.24) is 4.90 Å². The molecule has 5 nitrogen and oxygen atoms in total. The van der Waals surface area contributed by atoms with Crippen LogP contribution in [0.25, 0.3) is 0 Å². The Morgan fingerprint density at radius 1 is 1.05 bits per heavy atom. The van der Waals surface area contributed by atoms with E-state index in [-0.39, 0.29) is 11.7 Å². The lowest BCUT2D eigenvalue weighted by atomic mass is 10.1. The maximum absolute atomic E-state index is 12.1. The zero-order valence-electron chi connectivity index (χ0n) is 12.8. The molecule has 0 bridgehead atoms. The first-order valence-electron chi connectivity index (χ1n) is 6.83. The predicted molar refractivity (Wildman–Crippen MR) is 87.9 cm³/mol. The van der Waals surface area contributed by atoms with Gasteiger partial charge in [0.25, 0.3) is 0 Å². The molecule has 0 saturated heterocycles. The van der Waals surface area contributed by atoms with E-state index in [0.29, 0.717) is 31.9 Å². The van der Waals surface area contributed by atoms with Crippen LogP contribution in [0.3, 0.4) is 0 Å². The summed E-state index contributed by atoms with van der Waals surface area (Å²) in [5, 5.41) is 0. The third-order valence-corrected chi connectivity index (χ3v) is 3.48. The Labute approximate surface area is 139 Å². The Kier molecular flexibility index (Phi) is 8.65. The first kappa shape index (κ1) is 18.5. The number of hydrogen-bond donors (Lipinski definition) is 0. The minimum absolute atomic E-state index is 0.209. The molecule has 22 heavy (non-hydrogen) atoms. The number of carbonyl (C=O) groups is 2. The van der Waals surface area contributed by atoms with E-state index in [2.05, 4.69) is 15.9 Å². The van der Waals surface area contributed by atoms with Crippen LogP contribution >= 0.6 is 15.9 Å². The Morgan fingerprint density at radius 3 is 2.09 bits per heavy atom. The van der Waals surface area contributed by atoms with Crippen LogP contribution in [0, 0.1) is 0 Å². The van der Waals surface area contributed by atoms with Gasteiger partial charge in [-0.1, -0.05) is 15.9 Å². The lowest BCUT2D eigenvalue weighted by Crippen LogP contribution is -2.35. The van der Waals surface area contributed by atoms with Crippen molar-refractivity contribution < 1.29 is 19.1 Å². The second kappa shape index (κ2) is 10.3. The maximum atomic E-state index is 12.1. The lowest BCUT2D eigenvalue weighted by Gasteiger charge is -2.20. The second-order valence-electron chi connectivity index (χ2n) is 4.52. The number of ketones is 1. The average Bonchev–Trinajstić information content (AvgIpc) is 2.53. The number of carbonyl (C=O) groups excluding carboxylic acids is 2. The Balaban J connectivity index is 2.65. The van der Waals surface area contributed by atoms with Crippen molar-refractivity contribution >= 4 is 27.6 Å². The summed E-state index contributed by atoms with van der Waals surface area (Å²) in [6, 6.07) is 6.97. The Hall–Kier alpha value is -1.50. The quantitative estimate of drug-likeness (QED) is 0.495. The summed E-state index contributed by atoms with van der Waals surface area (Å²) in [7, 11) is 3.15. The van der Waals surface area contributed by atoms with Crippen LogP contribution in [-0.4, -0.2) is 57.1 Å². The van der Waals surface area contributed by atoms with Gasteiger partial charge in [-0.25, -0.2) is 0 Å². The van der Waals surface area contributed by atoms with Gasteiger partial charge in [0.2, 0.25) is 5.91 Å². The fourth-order valence-electron chi connectivity index (χ4n) is 1.70. The number of halogens is 1. The highest BCUT2D eigenvalue weighted by Gasteiger charge is 2.11. The molecule has 1 rings (SSSR count). The molecule has 0 fully saturated rings. The zero-order chi connectivity index (χ0) is 16.4. The van der Waals surface area contributed by atoms with E-state index >= 15 is 0 Å². The number of methoxy groups -OCH3 is 2. The molecular weight excluding hydrogens is 350 g/mol. The van der Waals surface area contributed by atoms with Crippen molar-refractivity contribution in [3.63, 3.8) is 0 Å². The highest BCUT2D eigenvalue weighted by Crippen LogP contribution is 2.11. The standard InChI is InChI=1S/C16H20BrNO4/c1-21-11-9-18(10-12-22-2)16(20)8-7-15(19)13-3-5-14(17)6-4-13/h3-8H,9-12H2,1-2H3/b8-7+. The monoisotopic (exact) mass is 369 g/mol. The van der Waals surface area contributed by atoms with Crippen molar-refractivity contribution in [3.8, 4) is 0 Å². The molecular formula is C16H20BrNO4. The minimum Gasteiger partial charge on any atom is -0.383 e. The van der Waals surface area contributed by atoms with E-state index < -0.39 is 0 Å². The maximum Gasteiger partial charge on any atom is 0.246 e. The number of allylic oxidation sites excluding steroid dienone is 1. The van der Waals surface area contributed by atoms with E-state index in [1.165, 1.54) is 12.2 Å². The predicted octanol–water partition coefficient (Wildman–Crippen LogP) is 2.31. The third kappa shape index (κ3) is 6.51. The lowest BCUT2D eigenvalue weighted by molar-refractivity contribution is -0.127. The minimum atomic E-state index is -0.237. The molecule has 120 valence electrons. The molecule has 0 aliphatic heterocycles. The van der Waals surface area contributed by atoms with Gasteiger partial charge < -0.3 is 14.4 Å². The van der Waals surface area contributed by atoms with Crippen molar-refractivity contribution in [2.24, 2.45) is 0 Å². The van der Waals surface area contributed by atoms with Gasteiger partial charge in [-0.2, -0.15) is 0 Å². The SMILES string of the molecule is COCCN(CCOC)C(=O)/C=C/C(=O)c1ccc(Br)cc1. The topological polar surface area (TPSA) is 55.8 Å². The van der Waals surface area contributed by atoms with Gasteiger partial charge in [-0.05, 0) is 30.3 Å². The number of ether oxygens (including phenoxy) is 2. The van der Waals surface area contributed by atoms with Gasteiger partial charge >= 0.3 is 0 Å². The second-order valence-corrected chi connectivity index (χ2v) is 5.43. The molecule has 0 spiro atoms. The van der Waals surface area contributed by atoms with Gasteiger partial charge in [0, 0.05) is 43.4 Å². The molecule has 1 aromatic carbocycles. The average molecular weight is 370 g/mol. The summed E-state index contributed by atoms with van der Waals surface area (Å²) >= 11 is 3.31. The third-order valence-electron chi connectivity index (χ3n) is 2.95. The zero-order valence-corrected chi connectivity index (χ0v) is 14.3.